The first-order valence-electron chi connectivity index (χ1n) is 7.68. The zero-order chi connectivity index (χ0) is 18.7. The lowest BCUT2D eigenvalue weighted by Gasteiger charge is -2.08. The fraction of sp³-hybridized carbons (Fsp3) is 0.176. The monoisotopic (exact) mass is 388 g/mol. The summed E-state index contributed by atoms with van der Waals surface area (Å²) in [5.74, 6) is -0.232. The molecule has 0 spiro atoms. The highest BCUT2D eigenvalue weighted by atomic mass is 32.2. The van der Waals surface area contributed by atoms with Crippen LogP contribution in [0.4, 0.5) is 11.4 Å². The lowest BCUT2D eigenvalue weighted by molar-refractivity contribution is -0.114. The normalized spacial score (nSPS) is 10.7. The molecule has 0 unspecified atom stereocenters. The Hall–Kier alpha value is -2.65. The topological polar surface area (TPSA) is 93.1 Å². The van der Waals surface area contributed by atoms with Crippen molar-refractivity contribution in [3.05, 3.63) is 46.1 Å². The SMILES string of the molecule is CC(=O)Nc1ccc(NC(=O)CSc2nc3ccsc3c(=O)n2C)cc1. The van der Waals surface area contributed by atoms with Gasteiger partial charge in [0.15, 0.2) is 5.16 Å². The second-order valence-electron chi connectivity index (χ2n) is 5.49. The largest absolute Gasteiger partial charge is 0.326 e. The smallest absolute Gasteiger partial charge is 0.271 e. The molecule has 7 nitrogen and oxygen atoms in total. The Morgan fingerprint density at radius 3 is 2.46 bits per heavy atom. The van der Waals surface area contributed by atoms with Gasteiger partial charge in [-0.25, -0.2) is 4.98 Å². The van der Waals surface area contributed by atoms with Gasteiger partial charge in [0, 0.05) is 25.3 Å². The Morgan fingerprint density at radius 1 is 1.15 bits per heavy atom. The molecule has 0 fully saturated rings. The minimum atomic E-state index is -0.207. The van der Waals surface area contributed by atoms with Crippen LogP contribution in [0.5, 0.6) is 0 Å². The molecule has 9 heteroatoms. The molecule has 3 aromatic rings. The number of rotatable bonds is 5. The summed E-state index contributed by atoms with van der Waals surface area (Å²) < 4.78 is 2.07. The molecule has 2 N–H and O–H groups in total. The van der Waals surface area contributed by atoms with E-state index in [9.17, 15) is 14.4 Å². The fourth-order valence-electron chi connectivity index (χ4n) is 2.26. The minimum Gasteiger partial charge on any atom is -0.326 e. The van der Waals surface area contributed by atoms with Crippen LogP contribution in [0, 0.1) is 0 Å². The summed E-state index contributed by atoms with van der Waals surface area (Å²) in [6.45, 7) is 1.43. The van der Waals surface area contributed by atoms with Crippen LogP contribution in [0.25, 0.3) is 10.2 Å². The average molecular weight is 388 g/mol. The van der Waals surface area contributed by atoms with Crippen LogP contribution in [-0.4, -0.2) is 27.1 Å². The number of carbonyl (C=O) groups excluding carboxylic acids is 2. The highest BCUT2D eigenvalue weighted by Crippen LogP contribution is 2.20. The molecule has 0 atom stereocenters. The number of amides is 2. The van der Waals surface area contributed by atoms with Gasteiger partial charge in [-0.2, -0.15) is 0 Å². The molecule has 2 amide bonds. The molecule has 0 aliphatic carbocycles. The molecular weight excluding hydrogens is 372 g/mol. The number of hydrogen-bond donors (Lipinski definition) is 2. The molecule has 0 radical (unpaired) electrons. The third-order valence-corrected chi connectivity index (χ3v) is 5.39. The first kappa shape index (κ1) is 18.2. The van der Waals surface area contributed by atoms with E-state index < -0.39 is 0 Å². The molecule has 2 heterocycles. The van der Waals surface area contributed by atoms with Gasteiger partial charge in [-0.15, -0.1) is 11.3 Å². The van der Waals surface area contributed by atoms with E-state index in [1.807, 2.05) is 5.38 Å². The van der Waals surface area contributed by atoms with Crippen LogP contribution in [-0.2, 0) is 16.6 Å². The summed E-state index contributed by atoms with van der Waals surface area (Å²) >= 11 is 2.56. The van der Waals surface area contributed by atoms with Gasteiger partial charge in [0.1, 0.15) is 4.70 Å². The number of fused-ring (bicyclic) bond motifs is 1. The highest BCUT2D eigenvalue weighted by molar-refractivity contribution is 7.99. The van der Waals surface area contributed by atoms with E-state index in [1.54, 1.807) is 37.4 Å². The van der Waals surface area contributed by atoms with Crippen molar-refractivity contribution in [1.82, 2.24) is 9.55 Å². The summed E-state index contributed by atoms with van der Waals surface area (Å²) in [5.41, 5.74) is 1.82. The maximum absolute atomic E-state index is 12.2. The van der Waals surface area contributed by atoms with E-state index in [2.05, 4.69) is 15.6 Å². The maximum Gasteiger partial charge on any atom is 0.271 e. The van der Waals surface area contributed by atoms with E-state index >= 15 is 0 Å². The molecule has 134 valence electrons. The molecule has 0 aliphatic rings. The second kappa shape index (κ2) is 7.71. The minimum absolute atomic E-state index is 0.110. The Morgan fingerprint density at radius 2 is 1.81 bits per heavy atom. The van der Waals surface area contributed by atoms with Crippen LogP contribution in [0.2, 0.25) is 0 Å². The Kier molecular flexibility index (Phi) is 5.38. The zero-order valence-electron chi connectivity index (χ0n) is 14.1. The van der Waals surface area contributed by atoms with E-state index in [0.717, 1.165) is 0 Å². The van der Waals surface area contributed by atoms with E-state index in [0.29, 0.717) is 26.7 Å². The number of carbonyl (C=O) groups is 2. The Balaban J connectivity index is 1.63. The first-order chi connectivity index (χ1) is 12.4. The Bertz CT molecular complexity index is 1020. The van der Waals surface area contributed by atoms with Crippen molar-refractivity contribution in [1.29, 1.82) is 0 Å². The predicted molar refractivity (Wildman–Crippen MR) is 105 cm³/mol. The van der Waals surface area contributed by atoms with Crippen LogP contribution in [0.3, 0.4) is 0 Å². The van der Waals surface area contributed by atoms with Crippen LogP contribution in [0.15, 0.2) is 45.7 Å². The van der Waals surface area contributed by atoms with E-state index in [4.69, 9.17) is 0 Å². The zero-order valence-corrected chi connectivity index (χ0v) is 15.7. The highest BCUT2D eigenvalue weighted by Gasteiger charge is 2.12. The molecular formula is C17H16N4O3S2. The lowest BCUT2D eigenvalue weighted by atomic mass is 10.3. The van der Waals surface area contributed by atoms with Gasteiger partial charge in [0.2, 0.25) is 11.8 Å². The average Bonchev–Trinajstić information content (AvgIpc) is 3.07. The van der Waals surface area contributed by atoms with Gasteiger partial charge >= 0.3 is 0 Å². The number of benzene rings is 1. The van der Waals surface area contributed by atoms with Crippen LogP contribution < -0.4 is 16.2 Å². The first-order valence-corrected chi connectivity index (χ1v) is 9.55. The molecule has 2 aromatic heterocycles. The van der Waals surface area contributed by atoms with Gasteiger partial charge in [-0.1, -0.05) is 11.8 Å². The fourth-order valence-corrected chi connectivity index (χ4v) is 3.84. The van der Waals surface area contributed by atoms with Crippen molar-refractivity contribution in [3.63, 3.8) is 0 Å². The summed E-state index contributed by atoms with van der Waals surface area (Å²) in [6.07, 6.45) is 0. The van der Waals surface area contributed by atoms with Crippen molar-refractivity contribution in [2.45, 2.75) is 12.1 Å². The van der Waals surface area contributed by atoms with Gasteiger partial charge in [-0.3, -0.25) is 19.0 Å². The summed E-state index contributed by atoms with van der Waals surface area (Å²) in [7, 11) is 1.65. The third-order valence-electron chi connectivity index (χ3n) is 3.47. The summed E-state index contributed by atoms with van der Waals surface area (Å²) in [6, 6.07) is 8.63. The summed E-state index contributed by atoms with van der Waals surface area (Å²) in [4.78, 5) is 39.8. The van der Waals surface area contributed by atoms with Crippen molar-refractivity contribution in [2.24, 2.45) is 7.05 Å². The molecule has 0 aliphatic heterocycles. The predicted octanol–water partition coefficient (Wildman–Crippen LogP) is 2.68. The van der Waals surface area contributed by atoms with Crippen molar-refractivity contribution in [2.75, 3.05) is 16.4 Å². The van der Waals surface area contributed by atoms with Crippen LogP contribution in [0.1, 0.15) is 6.92 Å². The van der Waals surface area contributed by atoms with Gasteiger partial charge in [0.25, 0.3) is 5.56 Å². The van der Waals surface area contributed by atoms with Gasteiger partial charge < -0.3 is 10.6 Å². The molecule has 1 aromatic carbocycles. The third kappa shape index (κ3) is 4.12. The van der Waals surface area contributed by atoms with Crippen molar-refractivity contribution < 1.29 is 9.59 Å². The van der Waals surface area contributed by atoms with Crippen molar-refractivity contribution in [3.8, 4) is 0 Å². The number of thioether (sulfide) groups is 1. The Labute approximate surface area is 157 Å². The second-order valence-corrected chi connectivity index (χ2v) is 7.35. The standard InChI is InChI=1S/C17H16N4O3S2/c1-10(22)18-11-3-5-12(6-4-11)19-14(23)9-26-17-20-13-7-8-25-15(13)16(24)21(17)2/h3-8H,9H2,1-2H3,(H,18,22)(H,19,23). The lowest BCUT2D eigenvalue weighted by Crippen LogP contribution is -2.20. The van der Waals surface area contributed by atoms with Crippen LogP contribution >= 0.6 is 23.1 Å². The molecule has 0 saturated heterocycles. The summed E-state index contributed by atoms with van der Waals surface area (Å²) in [5, 5.41) is 7.76. The quantitative estimate of drug-likeness (QED) is 0.518. The van der Waals surface area contributed by atoms with E-state index in [1.165, 1.54) is 34.6 Å². The van der Waals surface area contributed by atoms with Gasteiger partial charge in [0.05, 0.1) is 11.3 Å². The molecule has 0 bridgehead atoms. The maximum atomic E-state index is 12.2. The molecule has 26 heavy (non-hydrogen) atoms. The number of nitrogens with one attached hydrogen (secondary N) is 2. The number of aromatic nitrogens is 2. The number of hydrogen-bond acceptors (Lipinski definition) is 6. The number of thiophene rings is 1. The number of nitrogens with zero attached hydrogens (tertiary/aromatic N) is 2. The van der Waals surface area contributed by atoms with Gasteiger partial charge in [-0.05, 0) is 35.7 Å². The van der Waals surface area contributed by atoms with E-state index in [-0.39, 0.29) is 23.1 Å². The van der Waals surface area contributed by atoms with Crippen molar-refractivity contribution >= 4 is 56.5 Å². The number of anilines is 2. The molecule has 3 rings (SSSR count). The molecule has 0 saturated carbocycles.